The fourth-order valence-electron chi connectivity index (χ4n) is 4.29. The Balaban J connectivity index is 2.06. The van der Waals surface area contributed by atoms with Crippen LogP contribution in [0, 0.1) is 12.8 Å². The molecule has 3 aromatic carbocycles. The largest absolute Gasteiger partial charge is 0.497 e. The van der Waals surface area contributed by atoms with E-state index in [1.54, 1.807) is 61.5 Å². The molecule has 0 saturated heterocycles. The summed E-state index contributed by atoms with van der Waals surface area (Å²) in [6, 6.07) is 16.8. The molecule has 0 aliphatic carbocycles. The average molecular weight is 635 g/mol. The fraction of sp³-hybridized carbons (Fsp3) is 0.355. The number of sulfonamides is 1. The van der Waals surface area contributed by atoms with Crippen LogP contribution < -0.4 is 14.4 Å². The molecule has 1 N–H and O–H groups in total. The van der Waals surface area contributed by atoms with E-state index < -0.39 is 28.5 Å². The van der Waals surface area contributed by atoms with Crippen LogP contribution in [-0.4, -0.2) is 51.4 Å². The van der Waals surface area contributed by atoms with Gasteiger partial charge in [-0.1, -0.05) is 67.7 Å². The monoisotopic (exact) mass is 633 g/mol. The average Bonchev–Trinajstić information content (AvgIpc) is 2.96. The van der Waals surface area contributed by atoms with Crippen LogP contribution in [0.5, 0.6) is 5.75 Å². The third-order valence-electron chi connectivity index (χ3n) is 6.67. The molecule has 0 saturated carbocycles. The maximum absolute atomic E-state index is 14.1. The zero-order valence-corrected chi connectivity index (χ0v) is 26.8. The number of hydrogen-bond donors (Lipinski definition) is 1. The number of hydrogen-bond acceptors (Lipinski definition) is 5. The van der Waals surface area contributed by atoms with Crippen LogP contribution >= 0.6 is 23.2 Å². The van der Waals surface area contributed by atoms with Gasteiger partial charge in [-0.2, -0.15) is 0 Å². The van der Waals surface area contributed by atoms with Gasteiger partial charge in [-0.25, -0.2) is 8.42 Å². The molecule has 8 nitrogen and oxygen atoms in total. The second-order valence-corrected chi connectivity index (χ2v) is 13.0. The quantitative estimate of drug-likeness (QED) is 0.246. The van der Waals surface area contributed by atoms with Gasteiger partial charge in [0.2, 0.25) is 11.8 Å². The summed E-state index contributed by atoms with van der Waals surface area (Å²) in [5.74, 6) is -0.195. The van der Waals surface area contributed by atoms with E-state index in [2.05, 4.69) is 5.32 Å². The Kier molecular flexibility index (Phi) is 11.7. The lowest BCUT2D eigenvalue weighted by Crippen LogP contribution is -2.52. The molecule has 226 valence electrons. The number of aryl methyl sites for hydroxylation is 1. The summed E-state index contributed by atoms with van der Waals surface area (Å²) in [6.45, 7) is 7.50. The van der Waals surface area contributed by atoms with Crippen LogP contribution in [0.3, 0.4) is 0 Å². The highest BCUT2D eigenvalue weighted by atomic mass is 35.5. The molecule has 0 radical (unpaired) electrons. The normalized spacial score (nSPS) is 12.1. The number of ether oxygens (including phenoxy) is 1. The van der Waals surface area contributed by atoms with Crippen molar-refractivity contribution in [2.45, 2.75) is 51.6 Å². The van der Waals surface area contributed by atoms with E-state index in [1.807, 2.05) is 20.8 Å². The van der Waals surface area contributed by atoms with Crippen molar-refractivity contribution in [3.8, 4) is 5.75 Å². The molecule has 1 atom stereocenters. The second-order valence-electron chi connectivity index (χ2n) is 10.3. The van der Waals surface area contributed by atoms with Gasteiger partial charge in [0, 0.05) is 23.1 Å². The van der Waals surface area contributed by atoms with Gasteiger partial charge in [-0.05, 0) is 73.4 Å². The van der Waals surface area contributed by atoms with Crippen molar-refractivity contribution in [2.75, 3.05) is 24.5 Å². The minimum atomic E-state index is -4.20. The third-order valence-corrected chi connectivity index (χ3v) is 9.05. The number of halogens is 2. The minimum absolute atomic E-state index is 0.00862. The lowest BCUT2D eigenvalue weighted by Gasteiger charge is -2.33. The first-order chi connectivity index (χ1) is 19.9. The first-order valence-corrected chi connectivity index (χ1v) is 15.8. The standard InChI is InChI=1S/C31H37Cl2N3O5S/c1-6-29(31(38)34-18-21(2)3)35(19-23-9-10-24(32)17-28(23)33)30(37)20-36(25-11-7-22(4)8-12-25)42(39,40)27-15-13-26(41-5)14-16-27/h7-17,21,29H,6,18-20H2,1-5H3,(H,34,38). The zero-order valence-electron chi connectivity index (χ0n) is 24.4. The van der Waals surface area contributed by atoms with Crippen molar-refractivity contribution in [2.24, 2.45) is 5.92 Å². The highest BCUT2D eigenvalue weighted by molar-refractivity contribution is 7.92. The van der Waals surface area contributed by atoms with E-state index in [0.29, 0.717) is 40.0 Å². The van der Waals surface area contributed by atoms with Crippen molar-refractivity contribution in [3.05, 3.63) is 87.9 Å². The predicted molar refractivity (Wildman–Crippen MR) is 168 cm³/mol. The molecular formula is C31H37Cl2N3O5S. The maximum Gasteiger partial charge on any atom is 0.264 e. The Hall–Kier alpha value is -3.27. The maximum atomic E-state index is 14.1. The number of methoxy groups -OCH3 is 1. The molecule has 3 rings (SSSR count). The van der Waals surface area contributed by atoms with Gasteiger partial charge >= 0.3 is 0 Å². The Labute approximate surface area is 258 Å². The van der Waals surface area contributed by atoms with E-state index in [1.165, 1.54) is 24.1 Å². The number of benzene rings is 3. The van der Waals surface area contributed by atoms with Gasteiger partial charge in [-0.15, -0.1) is 0 Å². The van der Waals surface area contributed by atoms with Gasteiger partial charge in [0.15, 0.2) is 0 Å². The molecule has 0 aromatic heterocycles. The van der Waals surface area contributed by atoms with Crippen LogP contribution in [0.25, 0.3) is 0 Å². The molecular weight excluding hydrogens is 597 g/mol. The summed E-state index contributed by atoms with van der Waals surface area (Å²) in [6.07, 6.45) is 0.302. The Bertz CT molecular complexity index is 1480. The SMILES string of the molecule is CCC(C(=O)NCC(C)C)N(Cc1ccc(Cl)cc1Cl)C(=O)CN(c1ccc(C)cc1)S(=O)(=O)c1ccc(OC)cc1. The number of amides is 2. The third kappa shape index (κ3) is 8.40. The summed E-state index contributed by atoms with van der Waals surface area (Å²) in [4.78, 5) is 28.8. The van der Waals surface area contributed by atoms with Crippen LogP contribution in [0.4, 0.5) is 5.69 Å². The van der Waals surface area contributed by atoms with Crippen LogP contribution in [0.2, 0.25) is 10.0 Å². The Morgan fingerprint density at radius 3 is 2.17 bits per heavy atom. The summed E-state index contributed by atoms with van der Waals surface area (Å²) in [7, 11) is -2.71. The summed E-state index contributed by atoms with van der Waals surface area (Å²) in [5, 5.41) is 3.67. The minimum Gasteiger partial charge on any atom is -0.497 e. The summed E-state index contributed by atoms with van der Waals surface area (Å²) >= 11 is 12.6. The molecule has 1 unspecified atom stereocenters. The molecule has 0 fully saturated rings. The molecule has 2 amide bonds. The van der Waals surface area contributed by atoms with Gasteiger partial charge < -0.3 is 15.0 Å². The number of carbonyl (C=O) groups is 2. The molecule has 0 aliphatic rings. The molecule has 3 aromatic rings. The first kappa shape index (κ1) is 33.2. The highest BCUT2D eigenvalue weighted by Gasteiger charge is 2.34. The molecule has 0 bridgehead atoms. The van der Waals surface area contributed by atoms with Crippen molar-refractivity contribution < 1.29 is 22.7 Å². The number of carbonyl (C=O) groups excluding carboxylic acids is 2. The van der Waals surface area contributed by atoms with Crippen LogP contribution in [0.15, 0.2) is 71.6 Å². The fourth-order valence-corrected chi connectivity index (χ4v) is 6.17. The highest BCUT2D eigenvalue weighted by Crippen LogP contribution is 2.28. The molecule has 42 heavy (non-hydrogen) atoms. The van der Waals surface area contributed by atoms with E-state index in [4.69, 9.17) is 27.9 Å². The van der Waals surface area contributed by atoms with Crippen molar-refractivity contribution in [1.82, 2.24) is 10.2 Å². The topological polar surface area (TPSA) is 96.0 Å². The predicted octanol–water partition coefficient (Wildman–Crippen LogP) is 6.09. The number of nitrogens with one attached hydrogen (secondary N) is 1. The van der Waals surface area contributed by atoms with Crippen molar-refractivity contribution in [1.29, 1.82) is 0 Å². The Morgan fingerprint density at radius 1 is 0.976 bits per heavy atom. The lowest BCUT2D eigenvalue weighted by atomic mass is 10.1. The van der Waals surface area contributed by atoms with Crippen molar-refractivity contribution >= 4 is 50.7 Å². The summed E-state index contributed by atoms with van der Waals surface area (Å²) in [5.41, 5.74) is 1.81. The second kappa shape index (κ2) is 14.8. The molecule has 0 aliphatic heterocycles. The van der Waals surface area contributed by atoms with E-state index in [0.717, 1.165) is 9.87 Å². The van der Waals surface area contributed by atoms with Gasteiger partial charge in [0.1, 0.15) is 18.3 Å². The van der Waals surface area contributed by atoms with Crippen LogP contribution in [0.1, 0.15) is 38.3 Å². The number of rotatable bonds is 13. The molecule has 11 heteroatoms. The van der Waals surface area contributed by atoms with Crippen molar-refractivity contribution in [3.63, 3.8) is 0 Å². The Morgan fingerprint density at radius 2 is 1.62 bits per heavy atom. The number of anilines is 1. The van der Waals surface area contributed by atoms with E-state index in [-0.39, 0.29) is 23.3 Å². The first-order valence-electron chi connectivity index (χ1n) is 13.6. The van der Waals surface area contributed by atoms with Gasteiger partial charge in [0.05, 0.1) is 17.7 Å². The van der Waals surface area contributed by atoms with E-state index >= 15 is 0 Å². The van der Waals surface area contributed by atoms with Gasteiger partial charge in [0.25, 0.3) is 10.0 Å². The molecule has 0 spiro atoms. The van der Waals surface area contributed by atoms with Crippen LogP contribution in [-0.2, 0) is 26.2 Å². The van der Waals surface area contributed by atoms with Gasteiger partial charge in [-0.3, -0.25) is 13.9 Å². The summed E-state index contributed by atoms with van der Waals surface area (Å²) < 4.78 is 34.2. The van der Waals surface area contributed by atoms with E-state index in [9.17, 15) is 18.0 Å². The molecule has 0 heterocycles. The zero-order chi connectivity index (χ0) is 31.0. The lowest BCUT2D eigenvalue weighted by molar-refractivity contribution is -0.140. The number of nitrogens with zero attached hydrogens (tertiary/aromatic N) is 2. The smallest absolute Gasteiger partial charge is 0.264 e.